The van der Waals surface area contributed by atoms with Crippen molar-refractivity contribution in [2.45, 2.75) is 32.0 Å². The summed E-state index contributed by atoms with van der Waals surface area (Å²) in [5, 5.41) is 0. The Balaban J connectivity index is 3.00. The molecule has 1 atom stereocenters. The standard InChI is InChI=1S/C11H14F3N/c1-7(2)8-4-3-5-9(6-8)10(15)11(12,13)14/h3-7,10H,15H2,1-2H3/p+1/t10-/m1/s1. The number of halogens is 3. The lowest BCUT2D eigenvalue weighted by Gasteiger charge is -2.14. The summed E-state index contributed by atoms with van der Waals surface area (Å²) in [7, 11) is 0. The van der Waals surface area contributed by atoms with Crippen LogP contribution in [0.5, 0.6) is 0 Å². The Morgan fingerprint density at radius 1 is 1.13 bits per heavy atom. The third kappa shape index (κ3) is 2.96. The van der Waals surface area contributed by atoms with Gasteiger partial charge < -0.3 is 5.73 Å². The van der Waals surface area contributed by atoms with Crippen LogP contribution >= 0.6 is 0 Å². The summed E-state index contributed by atoms with van der Waals surface area (Å²) in [4.78, 5) is 0. The zero-order chi connectivity index (χ0) is 11.6. The number of hydrogen-bond acceptors (Lipinski definition) is 0. The van der Waals surface area contributed by atoms with Crippen LogP contribution in [-0.4, -0.2) is 6.18 Å². The van der Waals surface area contributed by atoms with Crippen molar-refractivity contribution in [1.82, 2.24) is 0 Å². The second-order valence-corrected chi connectivity index (χ2v) is 3.92. The maximum absolute atomic E-state index is 12.4. The third-order valence-corrected chi connectivity index (χ3v) is 2.37. The number of rotatable bonds is 2. The lowest BCUT2D eigenvalue weighted by Crippen LogP contribution is -2.60. The first kappa shape index (κ1) is 12.0. The zero-order valence-corrected chi connectivity index (χ0v) is 8.81. The topological polar surface area (TPSA) is 27.6 Å². The van der Waals surface area contributed by atoms with Crippen molar-refractivity contribution in [2.75, 3.05) is 0 Å². The summed E-state index contributed by atoms with van der Waals surface area (Å²) < 4.78 is 37.2. The van der Waals surface area contributed by atoms with Crippen LogP contribution < -0.4 is 5.73 Å². The van der Waals surface area contributed by atoms with E-state index >= 15 is 0 Å². The quantitative estimate of drug-likeness (QED) is 0.790. The Morgan fingerprint density at radius 3 is 2.13 bits per heavy atom. The first-order valence-corrected chi connectivity index (χ1v) is 4.82. The van der Waals surface area contributed by atoms with Crippen molar-refractivity contribution in [2.24, 2.45) is 0 Å². The number of hydrogen-bond donors (Lipinski definition) is 1. The molecule has 0 aliphatic heterocycles. The normalized spacial score (nSPS) is 14.3. The fraction of sp³-hybridized carbons (Fsp3) is 0.455. The SMILES string of the molecule is CC(C)c1cccc([C@@H]([NH3+])C(F)(F)F)c1. The van der Waals surface area contributed by atoms with E-state index in [-0.39, 0.29) is 11.5 Å². The van der Waals surface area contributed by atoms with Gasteiger partial charge in [-0.05, 0) is 17.5 Å². The molecule has 4 heteroatoms. The molecule has 15 heavy (non-hydrogen) atoms. The maximum atomic E-state index is 12.4. The van der Waals surface area contributed by atoms with Crippen LogP contribution in [0, 0.1) is 0 Å². The van der Waals surface area contributed by atoms with Crippen LogP contribution in [0.2, 0.25) is 0 Å². The molecule has 0 heterocycles. The first-order chi connectivity index (χ1) is 6.82. The van der Waals surface area contributed by atoms with Crippen LogP contribution in [0.15, 0.2) is 24.3 Å². The fourth-order valence-electron chi connectivity index (χ4n) is 1.32. The van der Waals surface area contributed by atoms with Gasteiger partial charge in [0.25, 0.3) is 0 Å². The molecule has 0 saturated carbocycles. The molecular formula is C11H15F3N+. The summed E-state index contributed by atoms with van der Waals surface area (Å²) in [6.45, 7) is 3.90. The molecule has 1 aromatic rings. The molecule has 0 unspecified atom stereocenters. The molecule has 0 bridgehead atoms. The molecule has 1 nitrogen and oxygen atoms in total. The summed E-state index contributed by atoms with van der Waals surface area (Å²) >= 11 is 0. The molecule has 84 valence electrons. The Kier molecular flexibility index (Phi) is 3.39. The van der Waals surface area contributed by atoms with Crippen molar-refractivity contribution in [3.05, 3.63) is 35.4 Å². The summed E-state index contributed by atoms with van der Waals surface area (Å²) in [6, 6.07) is 4.88. The highest BCUT2D eigenvalue weighted by molar-refractivity contribution is 5.27. The Hall–Kier alpha value is -1.03. The minimum Gasteiger partial charge on any atom is -0.344 e. The van der Waals surface area contributed by atoms with Gasteiger partial charge in [-0.3, -0.25) is 0 Å². The van der Waals surface area contributed by atoms with E-state index in [1.165, 1.54) is 6.07 Å². The highest BCUT2D eigenvalue weighted by Gasteiger charge is 2.41. The van der Waals surface area contributed by atoms with Crippen LogP contribution in [0.4, 0.5) is 13.2 Å². The lowest BCUT2D eigenvalue weighted by molar-refractivity contribution is -0.488. The average Bonchev–Trinajstić information content (AvgIpc) is 2.15. The van der Waals surface area contributed by atoms with E-state index in [1.54, 1.807) is 12.1 Å². The van der Waals surface area contributed by atoms with E-state index in [4.69, 9.17) is 0 Å². The average molecular weight is 218 g/mol. The smallest absolute Gasteiger partial charge is 0.344 e. The molecule has 0 amide bonds. The van der Waals surface area contributed by atoms with E-state index in [0.717, 1.165) is 5.56 Å². The van der Waals surface area contributed by atoms with Crippen LogP contribution in [0.1, 0.15) is 36.9 Å². The first-order valence-electron chi connectivity index (χ1n) is 4.82. The van der Waals surface area contributed by atoms with Gasteiger partial charge in [-0.1, -0.05) is 32.0 Å². The van der Waals surface area contributed by atoms with Gasteiger partial charge in [0.05, 0.1) is 0 Å². The molecule has 1 aromatic carbocycles. The second kappa shape index (κ2) is 4.23. The lowest BCUT2D eigenvalue weighted by atomic mass is 9.98. The molecule has 0 aliphatic carbocycles. The second-order valence-electron chi connectivity index (χ2n) is 3.92. The highest BCUT2D eigenvalue weighted by Crippen LogP contribution is 2.30. The van der Waals surface area contributed by atoms with Crippen molar-refractivity contribution < 1.29 is 18.9 Å². The molecule has 3 N–H and O–H groups in total. The maximum Gasteiger partial charge on any atom is 0.445 e. The van der Waals surface area contributed by atoms with E-state index in [2.05, 4.69) is 5.73 Å². The largest absolute Gasteiger partial charge is 0.445 e. The van der Waals surface area contributed by atoms with Crippen LogP contribution in [0.25, 0.3) is 0 Å². The van der Waals surface area contributed by atoms with Crippen molar-refractivity contribution in [1.29, 1.82) is 0 Å². The summed E-state index contributed by atoms with van der Waals surface area (Å²) in [6.07, 6.45) is -4.27. The van der Waals surface area contributed by atoms with E-state index in [0.29, 0.717) is 0 Å². The number of benzene rings is 1. The fourth-order valence-corrected chi connectivity index (χ4v) is 1.32. The van der Waals surface area contributed by atoms with Crippen LogP contribution in [0.3, 0.4) is 0 Å². The van der Waals surface area contributed by atoms with E-state index in [1.807, 2.05) is 19.9 Å². The molecule has 0 saturated heterocycles. The van der Waals surface area contributed by atoms with Crippen molar-refractivity contribution in [3.63, 3.8) is 0 Å². The highest BCUT2D eigenvalue weighted by atomic mass is 19.4. The summed E-state index contributed by atoms with van der Waals surface area (Å²) in [5.74, 6) is 0.227. The molecule has 0 aromatic heterocycles. The molecule has 0 radical (unpaired) electrons. The Morgan fingerprint density at radius 2 is 1.67 bits per heavy atom. The Labute approximate surface area is 87.1 Å². The van der Waals surface area contributed by atoms with E-state index < -0.39 is 12.2 Å². The summed E-state index contributed by atoms with van der Waals surface area (Å²) in [5.41, 5.74) is 4.29. The van der Waals surface area contributed by atoms with Crippen molar-refractivity contribution in [3.8, 4) is 0 Å². The van der Waals surface area contributed by atoms with Gasteiger partial charge in [0.2, 0.25) is 6.04 Å². The molecule has 0 spiro atoms. The van der Waals surface area contributed by atoms with Gasteiger partial charge in [0.15, 0.2) is 0 Å². The molecule has 0 fully saturated rings. The van der Waals surface area contributed by atoms with Crippen molar-refractivity contribution >= 4 is 0 Å². The van der Waals surface area contributed by atoms with Gasteiger partial charge in [-0.25, -0.2) is 0 Å². The Bertz CT molecular complexity index is 331. The van der Waals surface area contributed by atoms with Gasteiger partial charge in [-0.2, -0.15) is 13.2 Å². The number of quaternary nitrogens is 1. The predicted octanol–water partition coefficient (Wildman–Crippen LogP) is 2.66. The van der Waals surface area contributed by atoms with Crippen LogP contribution in [-0.2, 0) is 0 Å². The molecule has 0 aliphatic rings. The minimum absolute atomic E-state index is 0.227. The van der Waals surface area contributed by atoms with Gasteiger partial charge >= 0.3 is 6.18 Å². The minimum atomic E-state index is -4.27. The van der Waals surface area contributed by atoms with Gasteiger partial charge in [0.1, 0.15) is 0 Å². The predicted molar refractivity (Wildman–Crippen MR) is 52.2 cm³/mol. The monoisotopic (exact) mass is 218 g/mol. The van der Waals surface area contributed by atoms with E-state index in [9.17, 15) is 13.2 Å². The van der Waals surface area contributed by atoms with Gasteiger partial charge in [-0.15, -0.1) is 0 Å². The van der Waals surface area contributed by atoms with Gasteiger partial charge in [0, 0.05) is 5.56 Å². The molecular weight excluding hydrogens is 203 g/mol. The molecule has 1 rings (SSSR count). The number of alkyl halides is 3. The zero-order valence-electron chi connectivity index (χ0n) is 8.81. The third-order valence-electron chi connectivity index (χ3n) is 2.37.